The highest BCUT2D eigenvalue weighted by Gasteiger charge is 2.36. The van der Waals surface area contributed by atoms with Gasteiger partial charge in [-0.05, 0) is 68.5 Å². The topological polar surface area (TPSA) is 80.1 Å². The zero-order valence-electron chi connectivity index (χ0n) is 18.8. The molecule has 2 amide bonds. The van der Waals surface area contributed by atoms with Crippen molar-refractivity contribution in [3.63, 3.8) is 0 Å². The summed E-state index contributed by atoms with van der Waals surface area (Å²) >= 11 is 12.5. The van der Waals surface area contributed by atoms with Crippen molar-refractivity contribution in [1.29, 1.82) is 0 Å². The van der Waals surface area contributed by atoms with E-state index in [1.54, 1.807) is 29.2 Å². The number of carbonyl (C=O) groups is 2. The molecule has 2 fully saturated rings. The van der Waals surface area contributed by atoms with E-state index in [-0.39, 0.29) is 17.7 Å². The van der Waals surface area contributed by atoms with Crippen LogP contribution in [0.4, 0.5) is 5.82 Å². The van der Waals surface area contributed by atoms with Crippen molar-refractivity contribution in [2.75, 3.05) is 18.4 Å². The van der Waals surface area contributed by atoms with Gasteiger partial charge >= 0.3 is 0 Å². The molecule has 9 heteroatoms. The van der Waals surface area contributed by atoms with Crippen LogP contribution in [-0.2, 0) is 4.79 Å². The molecule has 3 aromatic rings. The minimum Gasteiger partial charge on any atom is -0.338 e. The molecule has 1 saturated heterocycles. The van der Waals surface area contributed by atoms with Crippen molar-refractivity contribution in [3.8, 4) is 5.69 Å². The SMILES string of the molecule is Cc1ccnc(NC(=O)C2CCN(C(=O)c3cnn(-c4ccc(Cl)cc4Cl)c3C3CC3)CC2)c1. The zero-order chi connectivity index (χ0) is 23.8. The first kappa shape index (κ1) is 22.9. The molecule has 1 aliphatic heterocycles. The van der Waals surface area contributed by atoms with E-state index in [0.717, 1.165) is 24.1 Å². The highest BCUT2D eigenvalue weighted by atomic mass is 35.5. The number of likely N-dealkylation sites (tertiary alicyclic amines) is 1. The molecular formula is C25H25Cl2N5O2. The van der Waals surface area contributed by atoms with Crippen molar-refractivity contribution < 1.29 is 9.59 Å². The molecule has 2 aromatic heterocycles. The van der Waals surface area contributed by atoms with Crippen molar-refractivity contribution in [1.82, 2.24) is 19.7 Å². The first-order chi connectivity index (χ1) is 16.4. The number of benzene rings is 1. The smallest absolute Gasteiger partial charge is 0.257 e. The first-order valence-corrected chi connectivity index (χ1v) is 12.2. The molecule has 0 atom stereocenters. The Morgan fingerprint density at radius 2 is 1.82 bits per heavy atom. The number of rotatable bonds is 5. The molecule has 2 aliphatic rings. The van der Waals surface area contributed by atoms with Gasteiger partial charge in [0.15, 0.2) is 0 Å². The second-order valence-corrected chi connectivity index (χ2v) is 9.84. The fourth-order valence-electron chi connectivity index (χ4n) is 4.47. The van der Waals surface area contributed by atoms with E-state index in [1.807, 2.05) is 30.0 Å². The van der Waals surface area contributed by atoms with Crippen LogP contribution in [0.3, 0.4) is 0 Å². The molecular weight excluding hydrogens is 473 g/mol. The van der Waals surface area contributed by atoms with Gasteiger partial charge in [-0.25, -0.2) is 9.67 Å². The number of nitrogens with one attached hydrogen (secondary N) is 1. The molecule has 1 saturated carbocycles. The molecule has 0 radical (unpaired) electrons. The number of halogens is 2. The number of hydrogen-bond acceptors (Lipinski definition) is 4. The number of piperidine rings is 1. The Kier molecular flexibility index (Phi) is 6.32. The van der Waals surface area contributed by atoms with Gasteiger partial charge in [-0.15, -0.1) is 0 Å². The Balaban J connectivity index is 1.29. The number of carbonyl (C=O) groups excluding carboxylic acids is 2. The van der Waals surface area contributed by atoms with E-state index in [2.05, 4.69) is 15.4 Å². The largest absolute Gasteiger partial charge is 0.338 e. The van der Waals surface area contributed by atoms with E-state index in [0.29, 0.717) is 59.0 Å². The molecule has 0 bridgehead atoms. The Hall–Kier alpha value is -2.90. The van der Waals surface area contributed by atoms with Crippen LogP contribution in [0.25, 0.3) is 5.69 Å². The minimum absolute atomic E-state index is 0.0440. The van der Waals surface area contributed by atoms with Crippen molar-refractivity contribution in [2.24, 2.45) is 5.92 Å². The lowest BCUT2D eigenvalue weighted by Crippen LogP contribution is -2.41. The number of amides is 2. The summed E-state index contributed by atoms with van der Waals surface area (Å²) in [4.78, 5) is 32.2. The highest BCUT2D eigenvalue weighted by Crippen LogP contribution is 2.43. The fourth-order valence-corrected chi connectivity index (χ4v) is 4.95. The van der Waals surface area contributed by atoms with Crippen LogP contribution in [0.15, 0.2) is 42.7 Å². The van der Waals surface area contributed by atoms with Crippen LogP contribution in [0, 0.1) is 12.8 Å². The van der Waals surface area contributed by atoms with E-state index < -0.39 is 0 Å². The number of aromatic nitrogens is 3. The number of anilines is 1. The second kappa shape index (κ2) is 9.39. The third-order valence-electron chi connectivity index (χ3n) is 6.46. The van der Waals surface area contributed by atoms with E-state index in [1.165, 1.54) is 0 Å². The summed E-state index contributed by atoms with van der Waals surface area (Å²) in [6.45, 7) is 3.00. The molecule has 5 rings (SSSR count). The molecule has 176 valence electrons. The highest BCUT2D eigenvalue weighted by molar-refractivity contribution is 6.35. The lowest BCUT2D eigenvalue weighted by molar-refractivity contribution is -0.121. The van der Waals surface area contributed by atoms with Crippen molar-refractivity contribution in [3.05, 3.63) is 69.6 Å². The number of aryl methyl sites for hydroxylation is 1. The van der Waals surface area contributed by atoms with Gasteiger partial charge in [0, 0.05) is 36.1 Å². The third-order valence-corrected chi connectivity index (χ3v) is 7.00. The van der Waals surface area contributed by atoms with Gasteiger partial charge in [-0.3, -0.25) is 9.59 Å². The van der Waals surface area contributed by atoms with Gasteiger partial charge in [0.25, 0.3) is 5.91 Å². The van der Waals surface area contributed by atoms with Crippen molar-refractivity contribution >= 4 is 40.8 Å². The van der Waals surface area contributed by atoms with E-state index in [9.17, 15) is 9.59 Å². The van der Waals surface area contributed by atoms with Gasteiger partial charge in [0.1, 0.15) is 5.82 Å². The quantitative estimate of drug-likeness (QED) is 0.521. The van der Waals surface area contributed by atoms with Gasteiger partial charge in [0.2, 0.25) is 5.91 Å². The summed E-state index contributed by atoms with van der Waals surface area (Å²) in [5, 5.41) is 8.47. The van der Waals surface area contributed by atoms with E-state index in [4.69, 9.17) is 23.2 Å². The predicted molar refractivity (Wildman–Crippen MR) is 132 cm³/mol. The fraction of sp³-hybridized carbons (Fsp3) is 0.360. The average molecular weight is 498 g/mol. The predicted octanol–water partition coefficient (Wildman–Crippen LogP) is 5.25. The molecule has 0 spiro atoms. The van der Waals surface area contributed by atoms with Crippen LogP contribution in [0.2, 0.25) is 10.0 Å². The molecule has 1 aliphatic carbocycles. The summed E-state index contributed by atoms with van der Waals surface area (Å²) in [5.41, 5.74) is 3.27. The Bertz CT molecular complexity index is 1250. The van der Waals surface area contributed by atoms with Crippen LogP contribution in [0.5, 0.6) is 0 Å². The summed E-state index contributed by atoms with van der Waals surface area (Å²) in [6, 6.07) is 9.01. The summed E-state index contributed by atoms with van der Waals surface area (Å²) in [5.74, 6) is 0.612. The maximum absolute atomic E-state index is 13.4. The molecule has 1 aromatic carbocycles. The summed E-state index contributed by atoms with van der Waals surface area (Å²) < 4.78 is 1.78. The van der Waals surface area contributed by atoms with Crippen LogP contribution >= 0.6 is 23.2 Å². The summed E-state index contributed by atoms with van der Waals surface area (Å²) in [6.07, 6.45) is 6.58. The number of nitrogens with zero attached hydrogens (tertiary/aromatic N) is 4. The molecule has 1 N–H and O–H groups in total. The molecule has 0 unspecified atom stereocenters. The maximum Gasteiger partial charge on any atom is 0.257 e. The monoisotopic (exact) mass is 497 g/mol. The average Bonchev–Trinajstić information content (AvgIpc) is 3.57. The standard InChI is InChI=1S/C25H25Cl2N5O2/c1-15-6-9-28-22(12-15)30-24(33)17-7-10-31(11-8-17)25(34)19-14-29-32(23(19)16-2-3-16)21-5-4-18(26)13-20(21)27/h4-6,9,12-14,16-17H,2-3,7-8,10-11H2,1H3,(H,28,30,33). The molecule has 34 heavy (non-hydrogen) atoms. The first-order valence-electron chi connectivity index (χ1n) is 11.5. The number of pyridine rings is 1. The third kappa shape index (κ3) is 4.68. The number of hydrogen-bond donors (Lipinski definition) is 1. The van der Waals surface area contributed by atoms with Crippen molar-refractivity contribution in [2.45, 2.75) is 38.5 Å². The van der Waals surface area contributed by atoms with E-state index >= 15 is 0 Å². The minimum atomic E-state index is -0.148. The van der Waals surface area contributed by atoms with Crippen LogP contribution < -0.4 is 5.32 Å². The van der Waals surface area contributed by atoms with Gasteiger partial charge < -0.3 is 10.2 Å². The Labute approximate surface area is 208 Å². The summed E-state index contributed by atoms with van der Waals surface area (Å²) in [7, 11) is 0. The van der Waals surface area contributed by atoms with Crippen LogP contribution in [-0.4, -0.2) is 44.6 Å². The molecule has 3 heterocycles. The normalized spacial score (nSPS) is 16.5. The Morgan fingerprint density at radius 1 is 1.06 bits per heavy atom. The van der Waals surface area contributed by atoms with Crippen LogP contribution in [0.1, 0.15) is 53.2 Å². The lowest BCUT2D eigenvalue weighted by atomic mass is 9.95. The van der Waals surface area contributed by atoms with Gasteiger partial charge in [-0.1, -0.05) is 23.2 Å². The molecule has 7 nitrogen and oxygen atoms in total. The second-order valence-electron chi connectivity index (χ2n) is 9.00. The Morgan fingerprint density at radius 3 is 2.50 bits per heavy atom. The zero-order valence-corrected chi connectivity index (χ0v) is 20.3. The maximum atomic E-state index is 13.4. The lowest BCUT2D eigenvalue weighted by Gasteiger charge is -2.31. The van der Waals surface area contributed by atoms with Gasteiger partial charge in [0.05, 0.1) is 28.2 Å². The van der Waals surface area contributed by atoms with Gasteiger partial charge in [-0.2, -0.15) is 5.10 Å².